The number of aryl methyl sites for hydroxylation is 1. The molecule has 0 bridgehead atoms. The number of hydrogen-bond donors (Lipinski definition) is 2. The first-order valence-electron chi connectivity index (χ1n) is 11.5. The summed E-state index contributed by atoms with van der Waals surface area (Å²) in [6, 6.07) is 13.8. The number of nitrogens with zero attached hydrogens (tertiary/aromatic N) is 2. The van der Waals surface area contributed by atoms with Crippen molar-refractivity contribution in [2.45, 2.75) is 19.1 Å². The molecule has 2 amide bonds. The average molecular weight is 543 g/mol. The Labute approximate surface area is 220 Å². The largest absolute Gasteiger partial charge is 0.457 e. The van der Waals surface area contributed by atoms with Crippen LogP contribution in [0.15, 0.2) is 89.5 Å². The summed E-state index contributed by atoms with van der Waals surface area (Å²) < 4.78 is 46.9. The molecule has 0 aliphatic carbocycles. The van der Waals surface area contributed by atoms with Gasteiger partial charge < -0.3 is 19.6 Å². The number of aromatic nitrogens is 2. The van der Waals surface area contributed by atoms with Crippen molar-refractivity contribution >= 4 is 29.5 Å². The molecule has 7 nitrogen and oxygen atoms in total. The van der Waals surface area contributed by atoms with Crippen molar-refractivity contribution in [1.82, 2.24) is 20.2 Å². The normalized spacial score (nSPS) is 11.8. The zero-order valence-electron chi connectivity index (χ0n) is 19.8. The Morgan fingerprint density at radius 2 is 1.87 bits per heavy atom. The minimum absolute atomic E-state index is 0.0995. The molecule has 11 heteroatoms. The molecular formula is C27H22ClF3N4O3. The van der Waals surface area contributed by atoms with Crippen molar-refractivity contribution in [2.75, 3.05) is 6.54 Å². The summed E-state index contributed by atoms with van der Waals surface area (Å²) in [5.74, 6) is -0.773. The average Bonchev–Trinajstić information content (AvgIpc) is 3.58. The van der Waals surface area contributed by atoms with Crippen LogP contribution in [0.4, 0.5) is 13.2 Å². The fourth-order valence-electron chi connectivity index (χ4n) is 3.51. The van der Waals surface area contributed by atoms with Crippen LogP contribution in [0.2, 0.25) is 5.02 Å². The first-order valence-corrected chi connectivity index (χ1v) is 11.9. The number of benzene rings is 2. The molecule has 38 heavy (non-hydrogen) atoms. The molecule has 4 aromatic rings. The molecule has 0 spiro atoms. The number of rotatable bonds is 9. The van der Waals surface area contributed by atoms with Crippen LogP contribution in [0.5, 0.6) is 0 Å². The molecule has 0 unspecified atom stereocenters. The fourth-order valence-corrected chi connectivity index (χ4v) is 3.63. The van der Waals surface area contributed by atoms with Crippen LogP contribution >= 0.6 is 11.6 Å². The van der Waals surface area contributed by atoms with Crippen LogP contribution in [0, 0.1) is 0 Å². The molecule has 2 N–H and O–H groups in total. The number of alkyl halides is 3. The van der Waals surface area contributed by atoms with E-state index in [2.05, 4.69) is 15.6 Å². The molecule has 0 fully saturated rings. The minimum Gasteiger partial charge on any atom is -0.457 e. The van der Waals surface area contributed by atoms with E-state index in [1.165, 1.54) is 42.5 Å². The summed E-state index contributed by atoms with van der Waals surface area (Å²) in [6.07, 6.45) is 2.55. The fraction of sp³-hybridized carbons (Fsp3) is 0.148. The van der Waals surface area contributed by atoms with E-state index in [0.717, 1.165) is 12.1 Å². The third-order valence-electron chi connectivity index (χ3n) is 5.42. The maximum atomic E-state index is 13.1. The molecule has 0 atom stereocenters. The molecule has 0 saturated heterocycles. The molecule has 2 aromatic heterocycles. The lowest BCUT2D eigenvalue weighted by molar-refractivity contribution is -0.137. The Bertz CT molecular complexity index is 1430. The van der Waals surface area contributed by atoms with Crippen LogP contribution in [0.1, 0.15) is 28.1 Å². The summed E-state index contributed by atoms with van der Waals surface area (Å²) >= 11 is 5.89. The van der Waals surface area contributed by atoms with Gasteiger partial charge in [-0.15, -0.1) is 0 Å². The third-order valence-corrected chi connectivity index (χ3v) is 5.68. The van der Waals surface area contributed by atoms with Gasteiger partial charge in [0, 0.05) is 47.7 Å². The lowest BCUT2D eigenvalue weighted by Gasteiger charge is -2.11. The number of imidazole rings is 1. The topological polar surface area (TPSA) is 89.2 Å². The van der Waals surface area contributed by atoms with Crippen LogP contribution < -0.4 is 10.6 Å². The first kappa shape index (κ1) is 26.7. The standard InChI is InChI=1S/C27H22ClF3N4O3/c28-21-7-5-18(6-8-21)25(36)34-23(26(37)33-11-2-13-35-14-12-32-17-35)16-22-9-10-24(38-22)19-3-1-4-20(15-19)27(29,30)31/h1,3-10,12,14-17H,2,11,13H2,(H,33,37)(H,34,36)/b23-16-. The van der Waals surface area contributed by atoms with E-state index in [-0.39, 0.29) is 28.3 Å². The van der Waals surface area contributed by atoms with E-state index in [0.29, 0.717) is 24.5 Å². The first-order chi connectivity index (χ1) is 18.2. The molecule has 0 radical (unpaired) electrons. The maximum Gasteiger partial charge on any atom is 0.416 e. The van der Waals surface area contributed by atoms with Crippen molar-refractivity contribution in [2.24, 2.45) is 0 Å². The van der Waals surface area contributed by atoms with E-state index in [1.807, 2.05) is 4.57 Å². The highest BCUT2D eigenvalue weighted by molar-refractivity contribution is 6.30. The second kappa shape index (κ2) is 11.8. The van der Waals surface area contributed by atoms with Crippen molar-refractivity contribution in [1.29, 1.82) is 0 Å². The van der Waals surface area contributed by atoms with Gasteiger partial charge in [-0.1, -0.05) is 23.7 Å². The summed E-state index contributed by atoms with van der Waals surface area (Å²) in [5.41, 5.74) is -0.417. The van der Waals surface area contributed by atoms with Gasteiger partial charge in [0.1, 0.15) is 17.2 Å². The number of halogens is 4. The third kappa shape index (κ3) is 7.13. The minimum atomic E-state index is -4.50. The van der Waals surface area contributed by atoms with Crippen molar-refractivity contribution in [3.05, 3.63) is 107 Å². The Morgan fingerprint density at radius 1 is 1.08 bits per heavy atom. The van der Waals surface area contributed by atoms with Gasteiger partial charge in [0.15, 0.2) is 0 Å². The number of amides is 2. The monoisotopic (exact) mass is 542 g/mol. The van der Waals surface area contributed by atoms with Gasteiger partial charge in [-0.3, -0.25) is 9.59 Å². The van der Waals surface area contributed by atoms with Crippen molar-refractivity contribution in [3.8, 4) is 11.3 Å². The summed E-state index contributed by atoms with van der Waals surface area (Å²) in [4.78, 5) is 29.7. The molecule has 196 valence electrons. The summed E-state index contributed by atoms with van der Waals surface area (Å²) in [6.45, 7) is 0.952. The molecule has 2 heterocycles. The molecule has 0 aliphatic heterocycles. The van der Waals surface area contributed by atoms with Gasteiger partial charge in [-0.05, 0) is 55.0 Å². The highest BCUT2D eigenvalue weighted by Crippen LogP contribution is 2.32. The highest BCUT2D eigenvalue weighted by atomic mass is 35.5. The molecule has 2 aromatic carbocycles. The van der Waals surface area contributed by atoms with Crippen molar-refractivity contribution < 1.29 is 27.2 Å². The van der Waals surface area contributed by atoms with Crippen LogP contribution in [-0.2, 0) is 17.5 Å². The second-order valence-corrected chi connectivity index (χ2v) is 8.65. The Hall–Kier alpha value is -4.31. The highest BCUT2D eigenvalue weighted by Gasteiger charge is 2.30. The number of hydrogen-bond acceptors (Lipinski definition) is 4. The maximum absolute atomic E-state index is 13.1. The number of furan rings is 1. The van der Waals surface area contributed by atoms with E-state index in [4.69, 9.17) is 16.0 Å². The lowest BCUT2D eigenvalue weighted by atomic mass is 10.1. The van der Waals surface area contributed by atoms with Gasteiger partial charge in [0.25, 0.3) is 11.8 Å². The van der Waals surface area contributed by atoms with E-state index in [9.17, 15) is 22.8 Å². The Balaban J connectivity index is 1.53. The number of nitrogens with one attached hydrogen (secondary N) is 2. The van der Waals surface area contributed by atoms with Crippen LogP contribution in [0.25, 0.3) is 17.4 Å². The molecular weight excluding hydrogens is 521 g/mol. The number of carbonyl (C=O) groups excluding carboxylic acids is 2. The Kier molecular flexibility index (Phi) is 8.32. The zero-order valence-corrected chi connectivity index (χ0v) is 20.6. The predicted octanol–water partition coefficient (Wildman–Crippen LogP) is 5.79. The predicted molar refractivity (Wildman–Crippen MR) is 136 cm³/mol. The van der Waals surface area contributed by atoms with Gasteiger partial charge in [0.2, 0.25) is 0 Å². The van der Waals surface area contributed by atoms with Gasteiger partial charge in [-0.2, -0.15) is 13.2 Å². The quantitative estimate of drug-likeness (QED) is 0.207. The van der Waals surface area contributed by atoms with E-state index in [1.54, 1.807) is 30.9 Å². The summed E-state index contributed by atoms with van der Waals surface area (Å²) in [7, 11) is 0. The SMILES string of the molecule is O=C(NCCCn1ccnc1)/C(=C/c1ccc(-c2cccc(C(F)(F)F)c2)o1)NC(=O)c1ccc(Cl)cc1. The van der Waals surface area contributed by atoms with Crippen LogP contribution in [0.3, 0.4) is 0 Å². The summed E-state index contributed by atoms with van der Waals surface area (Å²) in [5, 5.41) is 5.78. The molecule has 0 aliphatic rings. The second-order valence-electron chi connectivity index (χ2n) is 8.21. The molecule has 0 saturated carbocycles. The molecule has 4 rings (SSSR count). The van der Waals surface area contributed by atoms with Gasteiger partial charge in [0.05, 0.1) is 11.9 Å². The smallest absolute Gasteiger partial charge is 0.416 e. The van der Waals surface area contributed by atoms with Gasteiger partial charge in [-0.25, -0.2) is 4.98 Å². The van der Waals surface area contributed by atoms with E-state index < -0.39 is 23.6 Å². The Morgan fingerprint density at radius 3 is 2.58 bits per heavy atom. The van der Waals surface area contributed by atoms with Crippen molar-refractivity contribution in [3.63, 3.8) is 0 Å². The van der Waals surface area contributed by atoms with Crippen LogP contribution in [-0.4, -0.2) is 27.9 Å². The zero-order chi connectivity index (χ0) is 27.1. The lowest BCUT2D eigenvalue weighted by Crippen LogP contribution is -2.35. The van der Waals surface area contributed by atoms with E-state index >= 15 is 0 Å². The number of carbonyl (C=O) groups is 2. The van der Waals surface area contributed by atoms with Gasteiger partial charge >= 0.3 is 6.18 Å².